The van der Waals surface area contributed by atoms with Gasteiger partial charge in [0.15, 0.2) is 6.10 Å². The van der Waals surface area contributed by atoms with Crippen molar-refractivity contribution >= 4 is 17.9 Å². The van der Waals surface area contributed by atoms with Crippen molar-refractivity contribution in [3.05, 3.63) is 60.8 Å². The molecule has 1 atom stereocenters. The molecule has 6 heteroatoms. The first-order valence-electron chi connectivity index (χ1n) is 28.3. The Balaban J connectivity index is 4.42. The molecular formula is C60H106O6. The van der Waals surface area contributed by atoms with Crippen LogP contribution in [-0.2, 0) is 28.6 Å². The average molecular weight is 924 g/mol. The van der Waals surface area contributed by atoms with E-state index >= 15 is 0 Å². The average Bonchev–Trinajstić information content (AvgIpc) is 3.31. The van der Waals surface area contributed by atoms with Gasteiger partial charge in [-0.3, -0.25) is 14.4 Å². The summed E-state index contributed by atoms with van der Waals surface area (Å²) in [4.78, 5) is 38.1. The number of carbonyl (C=O) groups is 3. The lowest BCUT2D eigenvalue weighted by molar-refractivity contribution is -0.167. The highest BCUT2D eigenvalue weighted by Gasteiger charge is 2.19. The van der Waals surface area contributed by atoms with Crippen LogP contribution < -0.4 is 0 Å². The minimum Gasteiger partial charge on any atom is -0.462 e. The molecule has 0 aromatic heterocycles. The Morgan fingerprint density at radius 2 is 0.545 bits per heavy atom. The zero-order chi connectivity index (χ0) is 47.9. The molecule has 0 fully saturated rings. The molecule has 0 N–H and O–H groups in total. The van der Waals surface area contributed by atoms with Crippen LogP contribution in [0.4, 0.5) is 0 Å². The lowest BCUT2D eigenvalue weighted by atomic mass is 10.0. The van der Waals surface area contributed by atoms with Crippen LogP contribution in [0.15, 0.2) is 60.8 Å². The SMILES string of the molecule is CCCCC/C=C\C/C=C\C/C=C\C/C=C\CCCCCC(=O)O[C@H](COC(=O)CCCCCCCCC/C=C\CCCCCCCC)COC(=O)CCCCCCCCCCCCCC. The van der Waals surface area contributed by atoms with Crippen molar-refractivity contribution in [3.8, 4) is 0 Å². The van der Waals surface area contributed by atoms with Gasteiger partial charge in [0.25, 0.3) is 0 Å². The summed E-state index contributed by atoms with van der Waals surface area (Å²) in [5.41, 5.74) is 0. The van der Waals surface area contributed by atoms with Crippen molar-refractivity contribution in [2.24, 2.45) is 0 Å². The highest BCUT2D eigenvalue weighted by molar-refractivity contribution is 5.71. The Morgan fingerprint density at radius 3 is 0.909 bits per heavy atom. The summed E-state index contributed by atoms with van der Waals surface area (Å²) in [6.45, 7) is 6.59. The number of ether oxygens (including phenoxy) is 3. The smallest absolute Gasteiger partial charge is 0.306 e. The Bertz CT molecular complexity index is 1200. The van der Waals surface area contributed by atoms with E-state index in [-0.39, 0.29) is 31.1 Å². The molecule has 0 aromatic carbocycles. The van der Waals surface area contributed by atoms with Gasteiger partial charge in [0, 0.05) is 19.3 Å². The van der Waals surface area contributed by atoms with Crippen molar-refractivity contribution in [3.63, 3.8) is 0 Å². The van der Waals surface area contributed by atoms with Crippen molar-refractivity contribution in [1.82, 2.24) is 0 Å². The fourth-order valence-electron chi connectivity index (χ4n) is 7.95. The summed E-state index contributed by atoms with van der Waals surface area (Å²) in [7, 11) is 0. The lowest BCUT2D eigenvalue weighted by Gasteiger charge is -2.18. The molecule has 0 aliphatic heterocycles. The second kappa shape index (κ2) is 54.7. The maximum absolute atomic E-state index is 12.8. The summed E-state index contributed by atoms with van der Waals surface area (Å²) in [5.74, 6) is -0.912. The zero-order valence-corrected chi connectivity index (χ0v) is 43.7. The molecule has 0 rings (SSSR count). The van der Waals surface area contributed by atoms with E-state index in [1.54, 1.807) is 0 Å². The van der Waals surface area contributed by atoms with Gasteiger partial charge in [-0.2, -0.15) is 0 Å². The predicted octanol–water partition coefficient (Wildman–Crippen LogP) is 18.8. The predicted molar refractivity (Wildman–Crippen MR) is 284 cm³/mol. The minimum atomic E-state index is -0.790. The molecular weight excluding hydrogens is 817 g/mol. The van der Waals surface area contributed by atoms with Crippen LogP contribution in [0.2, 0.25) is 0 Å². The first kappa shape index (κ1) is 63.1. The number of carbonyl (C=O) groups excluding carboxylic acids is 3. The van der Waals surface area contributed by atoms with Gasteiger partial charge >= 0.3 is 17.9 Å². The molecule has 0 aliphatic rings. The molecule has 0 bridgehead atoms. The fraction of sp³-hybridized carbons (Fsp3) is 0.783. The van der Waals surface area contributed by atoms with Gasteiger partial charge in [-0.1, -0.05) is 236 Å². The van der Waals surface area contributed by atoms with Gasteiger partial charge in [-0.05, 0) is 89.9 Å². The lowest BCUT2D eigenvalue weighted by Crippen LogP contribution is -2.30. The largest absolute Gasteiger partial charge is 0.462 e. The monoisotopic (exact) mass is 923 g/mol. The molecule has 0 aliphatic carbocycles. The van der Waals surface area contributed by atoms with Crippen LogP contribution in [-0.4, -0.2) is 37.2 Å². The van der Waals surface area contributed by atoms with Crippen LogP contribution in [0, 0.1) is 0 Å². The van der Waals surface area contributed by atoms with Crippen LogP contribution in [0.25, 0.3) is 0 Å². The molecule has 0 saturated carbocycles. The van der Waals surface area contributed by atoms with Crippen molar-refractivity contribution in [2.45, 2.75) is 290 Å². The highest BCUT2D eigenvalue weighted by Crippen LogP contribution is 2.15. The van der Waals surface area contributed by atoms with Crippen LogP contribution in [0.3, 0.4) is 0 Å². The Hall–Kier alpha value is -2.89. The molecule has 6 nitrogen and oxygen atoms in total. The third-order valence-corrected chi connectivity index (χ3v) is 12.2. The number of allylic oxidation sites excluding steroid dienone is 10. The first-order chi connectivity index (χ1) is 32.5. The molecule has 0 aromatic rings. The van der Waals surface area contributed by atoms with Crippen molar-refractivity contribution in [1.29, 1.82) is 0 Å². The molecule has 66 heavy (non-hydrogen) atoms. The van der Waals surface area contributed by atoms with Gasteiger partial charge in [0.1, 0.15) is 13.2 Å². The number of esters is 3. The second-order valence-electron chi connectivity index (χ2n) is 18.8. The molecule has 0 spiro atoms. The molecule has 0 unspecified atom stereocenters. The fourth-order valence-corrected chi connectivity index (χ4v) is 7.95. The summed E-state index contributed by atoms with van der Waals surface area (Å²) in [6.07, 6.45) is 67.7. The molecule has 0 heterocycles. The van der Waals surface area contributed by atoms with Gasteiger partial charge in [0.05, 0.1) is 0 Å². The van der Waals surface area contributed by atoms with E-state index in [9.17, 15) is 14.4 Å². The van der Waals surface area contributed by atoms with Crippen LogP contribution in [0.5, 0.6) is 0 Å². The highest BCUT2D eigenvalue weighted by atomic mass is 16.6. The van der Waals surface area contributed by atoms with E-state index in [4.69, 9.17) is 14.2 Å². The normalized spacial score (nSPS) is 12.5. The number of hydrogen-bond acceptors (Lipinski definition) is 6. The molecule has 0 saturated heterocycles. The van der Waals surface area contributed by atoms with E-state index in [2.05, 4.69) is 81.5 Å². The van der Waals surface area contributed by atoms with E-state index in [1.165, 1.54) is 161 Å². The van der Waals surface area contributed by atoms with E-state index < -0.39 is 6.10 Å². The van der Waals surface area contributed by atoms with Gasteiger partial charge in [-0.25, -0.2) is 0 Å². The molecule has 0 radical (unpaired) electrons. The third kappa shape index (κ3) is 52.1. The minimum absolute atomic E-state index is 0.0862. The maximum atomic E-state index is 12.8. The van der Waals surface area contributed by atoms with Gasteiger partial charge in [0.2, 0.25) is 0 Å². The summed E-state index contributed by atoms with van der Waals surface area (Å²) in [6, 6.07) is 0. The summed E-state index contributed by atoms with van der Waals surface area (Å²) >= 11 is 0. The Morgan fingerprint density at radius 1 is 0.303 bits per heavy atom. The summed E-state index contributed by atoms with van der Waals surface area (Å²) < 4.78 is 16.8. The van der Waals surface area contributed by atoms with Crippen molar-refractivity contribution in [2.75, 3.05) is 13.2 Å². The third-order valence-electron chi connectivity index (χ3n) is 12.2. The molecule has 382 valence electrons. The van der Waals surface area contributed by atoms with E-state index in [0.717, 1.165) is 83.5 Å². The summed E-state index contributed by atoms with van der Waals surface area (Å²) in [5, 5.41) is 0. The molecule has 0 amide bonds. The Labute approximate surface area is 409 Å². The quantitative estimate of drug-likeness (QED) is 0.0262. The number of unbranched alkanes of at least 4 members (excludes halogenated alkanes) is 30. The maximum Gasteiger partial charge on any atom is 0.306 e. The van der Waals surface area contributed by atoms with Crippen LogP contribution >= 0.6 is 0 Å². The first-order valence-corrected chi connectivity index (χ1v) is 28.3. The zero-order valence-electron chi connectivity index (χ0n) is 43.7. The number of rotatable bonds is 51. The van der Waals surface area contributed by atoms with E-state index in [0.29, 0.717) is 19.3 Å². The van der Waals surface area contributed by atoms with Crippen LogP contribution in [0.1, 0.15) is 284 Å². The topological polar surface area (TPSA) is 78.9 Å². The second-order valence-corrected chi connectivity index (χ2v) is 18.8. The van der Waals surface area contributed by atoms with Gasteiger partial charge < -0.3 is 14.2 Å². The van der Waals surface area contributed by atoms with Crippen molar-refractivity contribution < 1.29 is 28.6 Å². The number of hydrogen-bond donors (Lipinski definition) is 0. The Kier molecular flexibility index (Phi) is 52.3. The van der Waals surface area contributed by atoms with Gasteiger partial charge in [-0.15, -0.1) is 0 Å². The van der Waals surface area contributed by atoms with E-state index in [1.807, 2.05) is 0 Å². The standard InChI is InChI=1S/C60H106O6/c1-4-7-10-13-16-19-22-25-27-29-30-32-34-36-39-42-45-48-51-54-60(63)66-57(55-64-58(61)52-49-46-43-40-37-24-21-18-15-12-9-6-3)56-65-59(62)53-50-47-44-41-38-35-33-31-28-26-23-20-17-14-11-8-5-2/h16,19,25-28,30,32,36,39,57H,4-15,17-18,20-24,29,31,33-35,37-38,40-56H2,1-3H3/b19-16-,27-25-,28-26-,32-30-,39-36-/t57-/m0/s1.